The minimum Gasteiger partial charge on any atom is -0.352 e. The van der Waals surface area contributed by atoms with Gasteiger partial charge in [-0.25, -0.2) is 4.98 Å². The van der Waals surface area contributed by atoms with Crippen molar-refractivity contribution in [2.45, 2.75) is 6.42 Å². The Morgan fingerprint density at radius 2 is 2.56 bits per heavy atom. The van der Waals surface area contributed by atoms with Crippen molar-refractivity contribution in [1.82, 2.24) is 15.2 Å². The van der Waals surface area contributed by atoms with Gasteiger partial charge in [-0.2, -0.15) is 5.26 Å². The number of nitrogens with one attached hydrogen (secondary N) is 1. The molecule has 2 rings (SSSR count). The second-order valence-electron chi connectivity index (χ2n) is 4.67. The van der Waals surface area contributed by atoms with Crippen LogP contribution < -0.4 is 5.32 Å². The molecule has 1 atom stereocenters. The predicted molar refractivity (Wildman–Crippen MR) is 66.9 cm³/mol. The van der Waals surface area contributed by atoms with Crippen LogP contribution in [0.1, 0.15) is 22.5 Å². The van der Waals surface area contributed by atoms with Crippen molar-refractivity contribution in [1.29, 1.82) is 5.26 Å². The van der Waals surface area contributed by atoms with Crippen LogP contribution in [0.2, 0.25) is 0 Å². The van der Waals surface area contributed by atoms with Crippen LogP contribution >= 0.6 is 0 Å². The highest BCUT2D eigenvalue weighted by atomic mass is 16.1. The van der Waals surface area contributed by atoms with Crippen molar-refractivity contribution < 1.29 is 4.79 Å². The Morgan fingerprint density at radius 1 is 1.72 bits per heavy atom. The fraction of sp³-hybridized carbons (Fsp3) is 0.462. The van der Waals surface area contributed by atoms with E-state index >= 15 is 0 Å². The first-order valence-corrected chi connectivity index (χ1v) is 6.02. The Hall–Kier alpha value is -1.93. The van der Waals surface area contributed by atoms with Gasteiger partial charge in [0.05, 0.1) is 0 Å². The van der Waals surface area contributed by atoms with E-state index in [4.69, 9.17) is 5.26 Å². The number of likely N-dealkylation sites (tertiary alicyclic amines) is 1. The molecule has 1 aliphatic heterocycles. The minimum absolute atomic E-state index is 0.136. The van der Waals surface area contributed by atoms with Crippen molar-refractivity contribution >= 4 is 5.91 Å². The van der Waals surface area contributed by atoms with Gasteiger partial charge in [-0.1, -0.05) is 0 Å². The van der Waals surface area contributed by atoms with Gasteiger partial charge in [0.15, 0.2) is 0 Å². The van der Waals surface area contributed by atoms with Gasteiger partial charge in [-0.15, -0.1) is 0 Å². The number of rotatable bonds is 3. The van der Waals surface area contributed by atoms with Gasteiger partial charge in [-0.3, -0.25) is 4.79 Å². The number of aromatic nitrogens is 1. The first-order chi connectivity index (χ1) is 8.69. The normalized spacial score (nSPS) is 19.4. The van der Waals surface area contributed by atoms with E-state index in [1.54, 1.807) is 6.07 Å². The SMILES string of the molecule is CN1CCC(CNC(=O)c2ccnc(C#N)c2)C1. The molecule has 1 aromatic heterocycles. The Labute approximate surface area is 106 Å². The second-order valence-corrected chi connectivity index (χ2v) is 4.67. The molecule has 5 heteroatoms. The third-order valence-corrected chi connectivity index (χ3v) is 3.18. The van der Waals surface area contributed by atoms with Gasteiger partial charge in [0.25, 0.3) is 5.91 Å². The van der Waals surface area contributed by atoms with Crippen molar-refractivity contribution in [3.05, 3.63) is 29.6 Å². The molecule has 1 aliphatic rings. The first-order valence-electron chi connectivity index (χ1n) is 6.02. The van der Waals surface area contributed by atoms with Crippen LogP contribution in [0, 0.1) is 17.2 Å². The van der Waals surface area contributed by atoms with E-state index < -0.39 is 0 Å². The summed E-state index contributed by atoms with van der Waals surface area (Å²) in [4.78, 5) is 18.0. The lowest BCUT2D eigenvalue weighted by molar-refractivity contribution is 0.0947. The van der Waals surface area contributed by atoms with Gasteiger partial charge in [-0.05, 0) is 38.1 Å². The molecule has 18 heavy (non-hydrogen) atoms. The smallest absolute Gasteiger partial charge is 0.251 e. The zero-order chi connectivity index (χ0) is 13.0. The largest absolute Gasteiger partial charge is 0.352 e. The maximum atomic E-state index is 11.9. The van der Waals surface area contributed by atoms with Crippen molar-refractivity contribution in [3.63, 3.8) is 0 Å². The van der Waals surface area contributed by atoms with Crippen molar-refractivity contribution in [2.75, 3.05) is 26.7 Å². The first kappa shape index (κ1) is 12.5. The highest BCUT2D eigenvalue weighted by Crippen LogP contribution is 2.13. The lowest BCUT2D eigenvalue weighted by Crippen LogP contribution is -2.30. The summed E-state index contributed by atoms with van der Waals surface area (Å²) in [5, 5.41) is 11.6. The van der Waals surface area contributed by atoms with Crippen molar-refractivity contribution in [3.8, 4) is 6.07 Å². The van der Waals surface area contributed by atoms with Gasteiger partial charge in [0.2, 0.25) is 0 Å². The molecule has 1 aromatic rings. The number of nitrogens with zero attached hydrogens (tertiary/aromatic N) is 3. The molecule has 0 aliphatic carbocycles. The van der Waals surface area contributed by atoms with E-state index in [0.717, 1.165) is 19.5 Å². The molecule has 0 bridgehead atoms. The molecule has 94 valence electrons. The van der Waals surface area contributed by atoms with Crippen LogP contribution in [0.5, 0.6) is 0 Å². The maximum absolute atomic E-state index is 11.9. The summed E-state index contributed by atoms with van der Waals surface area (Å²) in [6.45, 7) is 2.81. The summed E-state index contributed by atoms with van der Waals surface area (Å²) in [5.41, 5.74) is 0.760. The minimum atomic E-state index is -0.136. The molecule has 0 saturated carbocycles. The quantitative estimate of drug-likeness (QED) is 0.847. The molecule has 0 radical (unpaired) electrons. The third-order valence-electron chi connectivity index (χ3n) is 3.18. The number of hydrogen-bond acceptors (Lipinski definition) is 4. The molecule has 5 nitrogen and oxygen atoms in total. The molecule has 1 N–H and O–H groups in total. The van der Waals surface area contributed by atoms with Crippen LogP contribution in [0.15, 0.2) is 18.3 Å². The monoisotopic (exact) mass is 244 g/mol. The van der Waals surface area contributed by atoms with Crippen LogP contribution in [0.3, 0.4) is 0 Å². The molecule has 0 spiro atoms. The van der Waals surface area contributed by atoms with Crippen molar-refractivity contribution in [2.24, 2.45) is 5.92 Å². The number of pyridine rings is 1. The molecule has 1 amide bonds. The number of amides is 1. The molecule has 2 heterocycles. The topological polar surface area (TPSA) is 69.0 Å². The molecule has 1 saturated heterocycles. The molecular weight excluding hydrogens is 228 g/mol. The Bertz CT molecular complexity index is 480. The van der Waals surface area contributed by atoms with Crippen LogP contribution in [0.4, 0.5) is 0 Å². The number of hydrogen-bond donors (Lipinski definition) is 1. The summed E-state index contributed by atoms with van der Waals surface area (Å²) < 4.78 is 0. The molecular formula is C13H16N4O. The van der Waals surface area contributed by atoms with Gasteiger partial charge in [0, 0.05) is 24.8 Å². The lowest BCUT2D eigenvalue weighted by atomic mass is 10.1. The summed E-state index contributed by atoms with van der Waals surface area (Å²) in [7, 11) is 2.09. The summed E-state index contributed by atoms with van der Waals surface area (Å²) in [5.74, 6) is 0.389. The fourth-order valence-electron chi connectivity index (χ4n) is 2.16. The molecule has 1 fully saturated rings. The average molecular weight is 244 g/mol. The van der Waals surface area contributed by atoms with E-state index in [2.05, 4.69) is 22.2 Å². The molecule has 0 aromatic carbocycles. The van der Waals surface area contributed by atoms with E-state index in [1.165, 1.54) is 12.3 Å². The van der Waals surface area contributed by atoms with Gasteiger partial charge >= 0.3 is 0 Å². The zero-order valence-electron chi connectivity index (χ0n) is 10.4. The zero-order valence-corrected chi connectivity index (χ0v) is 10.4. The third kappa shape index (κ3) is 3.05. The van der Waals surface area contributed by atoms with Crippen LogP contribution in [-0.4, -0.2) is 42.5 Å². The van der Waals surface area contributed by atoms with E-state index in [9.17, 15) is 4.79 Å². The highest BCUT2D eigenvalue weighted by molar-refractivity contribution is 5.94. The average Bonchev–Trinajstić information content (AvgIpc) is 2.82. The fourth-order valence-corrected chi connectivity index (χ4v) is 2.16. The van der Waals surface area contributed by atoms with Gasteiger partial charge < -0.3 is 10.2 Å². The molecule has 1 unspecified atom stereocenters. The number of nitriles is 1. The predicted octanol–water partition coefficient (Wildman–Crippen LogP) is 0.635. The van der Waals surface area contributed by atoms with Crippen LogP contribution in [-0.2, 0) is 0 Å². The van der Waals surface area contributed by atoms with Gasteiger partial charge in [0.1, 0.15) is 11.8 Å². The Morgan fingerprint density at radius 3 is 3.22 bits per heavy atom. The Kier molecular flexibility index (Phi) is 3.90. The summed E-state index contributed by atoms with van der Waals surface area (Å²) in [6.07, 6.45) is 2.60. The summed E-state index contributed by atoms with van der Waals surface area (Å²) in [6, 6.07) is 5.06. The van der Waals surface area contributed by atoms with E-state index in [-0.39, 0.29) is 11.6 Å². The number of carbonyl (C=O) groups excluding carboxylic acids is 1. The lowest BCUT2D eigenvalue weighted by Gasteiger charge is -2.11. The summed E-state index contributed by atoms with van der Waals surface area (Å²) >= 11 is 0. The van der Waals surface area contributed by atoms with E-state index in [1.807, 2.05) is 6.07 Å². The second kappa shape index (κ2) is 5.61. The number of carbonyl (C=O) groups is 1. The highest BCUT2D eigenvalue weighted by Gasteiger charge is 2.20. The van der Waals surface area contributed by atoms with E-state index in [0.29, 0.717) is 18.0 Å². The standard InChI is InChI=1S/C13H16N4O/c1-17-5-3-10(9-17)8-16-13(18)11-2-4-15-12(6-11)7-14/h2,4,6,10H,3,5,8-9H2,1H3,(H,16,18). The Balaban J connectivity index is 1.89. The maximum Gasteiger partial charge on any atom is 0.251 e. The van der Waals surface area contributed by atoms with Crippen LogP contribution in [0.25, 0.3) is 0 Å².